The zero-order chi connectivity index (χ0) is 17.8. The molecule has 0 bridgehead atoms. The van der Waals surface area contributed by atoms with Crippen LogP contribution >= 0.6 is 15.9 Å². The molecule has 128 valence electrons. The van der Waals surface area contributed by atoms with E-state index in [-0.39, 0.29) is 0 Å². The number of carboxylic acids is 1. The summed E-state index contributed by atoms with van der Waals surface area (Å²) in [4.78, 5) is 10.8. The molecule has 4 nitrogen and oxygen atoms in total. The van der Waals surface area contributed by atoms with Crippen molar-refractivity contribution in [3.63, 3.8) is 0 Å². The van der Waals surface area contributed by atoms with Crippen LogP contribution in [0.4, 0.5) is 0 Å². The second-order valence-electron chi connectivity index (χ2n) is 5.84. The van der Waals surface area contributed by atoms with Gasteiger partial charge in [-0.05, 0) is 54.4 Å². The highest BCUT2D eigenvalue weighted by atomic mass is 79.9. The predicted molar refractivity (Wildman–Crippen MR) is 101 cm³/mol. The fourth-order valence-electron chi connectivity index (χ4n) is 2.52. The first-order valence-electron chi connectivity index (χ1n) is 7.91. The van der Waals surface area contributed by atoms with Gasteiger partial charge in [0.25, 0.3) is 0 Å². The SMILES string of the molecule is Cc1cc(-c2ccc(CNCc3ccc(C(=O)O)cc3)o2)ccc1Br. The molecule has 3 aromatic rings. The van der Waals surface area contributed by atoms with Crippen LogP contribution in [0.5, 0.6) is 0 Å². The van der Waals surface area contributed by atoms with Crippen molar-refractivity contribution in [1.82, 2.24) is 5.32 Å². The number of rotatable bonds is 6. The number of benzene rings is 2. The summed E-state index contributed by atoms with van der Waals surface area (Å²) in [5, 5.41) is 12.2. The van der Waals surface area contributed by atoms with Crippen LogP contribution < -0.4 is 5.32 Å². The number of aromatic carboxylic acids is 1. The van der Waals surface area contributed by atoms with Crippen molar-refractivity contribution < 1.29 is 14.3 Å². The normalized spacial score (nSPS) is 10.8. The molecule has 0 saturated heterocycles. The summed E-state index contributed by atoms with van der Waals surface area (Å²) in [6.45, 7) is 3.30. The summed E-state index contributed by atoms with van der Waals surface area (Å²) >= 11 is 3.50. The summed E-state index contributed by atoms with van der Waals surface area (Å²) in [5.74, 6) is 0.793. The number of carbonyl (C=O) groups is 1. The first-order chi connectivity index (χ1) is 12.0. The number of carboxylic acid groups (broad SMARTS) is 1. The Morgan fingerprint density at radius 3 is 2.52 bits per heavy atom. The maximum Gasteiger partial charge on any atom is 0.335 e. The third-order valence-electron chi connectivity index (χ3n) is 3.93. The predicted octanol–water partition coefficient (Wildman–Crippen LogP) is 5.01. The van der Waals surface area contributed by atoms with Gasteiger partial charge in [0.15, 0.2) is 0 Å². The first-order valence-corrected chi connectivity index (χ1v) is 8.70. The first kappa shape index (κ1) is 17.5. The Morgan fingerprint density at radius 2 is 1.84 bits per heavy atom. The summed E-state index contributed by atoms with van der Waals surface area (Å²) in [6.07, 6.45) is 0. The molecule has 25 heavy (non-hydrogen) atoms. The second-order valence-corrected chi connectivity index (χ2v) is 6.69. The van der Waals surface area contributed by atoms with Gasteiger partial charge in [0.05, 0.1) is 12.1 Å². The molecule has 1 heterocycles. The van der Waals surface area contributed by atoms with E-state index in [2.05, 4.69) is 34.2 Å². The number of furan rings is 1. The highest BCUT2D eigenvalue weighted by Gasteiger charge is 2.07. The van der Waals surface area contributed by atoms with Crippen LogP contribution in [-0.4, -0.2) is 11.1 Å². The van der Waals surface area contributed by atoms with Gasteiger partial charge in [-0.15, -0.1) is 0 Å². The van der Waals surface area contributed by atoms with Gasteiger partial charge in [-0.2, -0.15) is 0 Å². The topological polar surface area (TPSA) is 62.5 Å². The Labute approximate surface area is 154 Å². The van der Waals surface area contributed by atoms with Crippen LogP contribution in [-0.2, 0) is 13.1 Å². The number of hydrogen-bond donors (Lipinski definition) is 2. The third kappa shape index (κ3) is 4.38. The molecule has 0 atom stereocenters. The highest BCUT2D eigenvalue weighted by molar-refractivity contribution is 9.10. The number of halogens is 1. The van der Waals surface area contributed by atoms with Crippen molar-refractivity contribution in [2.45, 2.75) is 20.0 Å². The van der Waals surface area contributed by atoms with Crippen molar-refractivity contribution in [2.24, 2.45) is 0 Å². The lowest BCUT2D eigenvalue weighted by Crippen LogP contribution is -2.12. The van der Waals surface area contributed by atoms with E-state index in [4.69, 9.17) is 9.52 Å². The van der Waals surface area contributed by atoms with Crippen LogP contribution in [0.2, 0.25) is 0 Å². The lowest BCUT2D eigenvalue weighted by atomic mass is 10.1. The molecule has 2 aromatic carbocycles. The average Bonchev–Trinajstić information content (AvgIpc) is 3.07. The lowest BCUT2D eigenvalue weighted by Gasteiger charge is -2.04. The largest absolute Gasteiger partial charge is 0.478 e. The van der Waals surface area contributed by atoms with E-state index in [1.54, 1.807) is 12.1 Å². The summed E-state index contributed by atoms with van der Waals surface area (Å²) < 4.78 is 6.98. The smallest absolute Gasteiger partial charge is 0.335 e. The monoisotopic (exact) mass is 399 g/mol. The van der Waals surface area contributed by atoms with E-state index in [0.29, 0.717) is 18.7 Å². The number of aryl methyl sites for hydroxylation is 1. The molecule has 5 heteroatoms. The molecule has 0 fully saturated rings. The highest BCUT2D eigenvalue weighted by Crippen LogP contribution is 2.26. The minimum absolute atomic E-state index is 0.296. The van der Waals surface area contributed by atoms with E-state index in [9.17, 15) is 4.79 Å². The number of nitrogens with one attached hydrogen (secondary N) is 1. The molecule has 1 aromatic heterocycles. The molecule has 0 amide bonds. The maximum atomic E-state index is 10.8. The Kier molecular flexibility index (Phi) is 5.36. The second kappa shape index (κ2) is 7.68. The molecule has 0 radical (unpaired) electrons. The molecule has 0 spiro atoms. The standard InChI is InChI=1S/C20H18BrNO3/c1-13-10-16(6-8-18(13)21)19-9-7-17(25-19)12-22-11-14-2-4-15(5-3-14)20(23)24/h2-10,22H,11-12H2,1H3,(H,23,24). The van der Waals surface area contributed by atoms with Gasteiger partial charge in [0.2, 0.25) is 0 Å². The van der Waals surface area contributed by atoms with E-state index in [1.807, 2.05) is 36.4 Å². The van der Waals surface area contributed by atoms with Crippen LogP contribution in [0.3, 0.4) is 0 Å². The quantitative estimate of drug-likeness (QED) is 0.611. The lowest BCUT2D eigenvalue weighted by molar-refractivity contribution is 0.0697. The van der Waals surface area contributed by atoms with E-state index >= 15 is 0 Å². The van der Waals surface area contributed by atoms with E-state index < -0.39 is 5.97 Å². The molecule has 0 aliphatic rings. The molecule has 0 saturated carbocycles. The summed E-state index contributed by atoms with van der Waals surface area (Å²) in [6, 6.07) is 16.9. The summed E-state index contributed by atoms with van der Waals surface area (Å²) in [7, 11) is 0. The molecule has 0 aliphatic heterocycles. The van der Waals surface area contributed by atoms with Crippen LogP contribution in [0.15, 0.2) is 63.5 Å². The third-order valence-corrected chi connectivity index (χ3v) is 4.82. The molecule has 0 aliphatic carbocycles. The van der Waals surface area contributed by atoms with Crippen molar-refractivity contribution >= 4 is 21.9 Å². The van der Waals surface area contributed by atoms with Crippen LogP contribution in [0.25, 0.3) is 11.3 Å². The number of hydrogen-bond acceptors (Lipinski definition) is 3. The zero-order valence-corrected chi connectivity index (χ0v) is 15.3. The van der Waals surface area contributed by atoms with Gasteiger partial charge < -0.3 is 14.8 Å². The van der Waals surface area contributed by atoms with Crippen molar-refractivity contribution in [3.8, 4) is 11.3 Å². The van der Waals surface area contributed by atoms with Crippen LogP contribution in [0.1, 0.15) is 27.2 Å². The van der Waals surface area contributed by atoms with Gasteiger partial charge >= 0.3 is 5.97 Å². The van der Waals surface area contributed by atoms with Gasteiger partial charge in [0, 0.05) is 16.6 Å². The zero-order valence-electron chi connectivity index (χ0n) is 13.8. The Balaban J connectivity index is 1.58. The summed E-state index contributed by atoms with van der Waals surface area (Å²) in [5.41, 5.74) is 3.54. The van der Waals surface area contributed by atoms with Crippen molar-refractivity contribution in [2.75, 3.05) is 0 Å². The van der Waals surface area contributed by atoms with E-state index in [1.165, 1.54) is 5.56 Å². The van der Waals surface area contributed by atoms with Crippen LogP contribution in [0, 0.1) is 6.92 Å². The Bertz CT molecular complexity index is 884. The van der Waals surface area contributed by atoms with Gasteiger partial charge in [-0.3, -0.25) is 0 Å². The molecule has 3 rings (SSSR count). The Hall–Kier alpha value is -2.37. The van der Waals surface area contributed by atoms with Gasteiger partial charge in [-0.1, -0.05) is 34.1 Å². The minimum Gasteiger partial charge on any atom is -0.478 e. The Morgan fingerprint density at radius 1 is 1.08 bits per heavy atom. The molecular weight excluding hydrogens is 382 g/mol. The molecule has 2 N–H and O–H groups in total. The molecule has 0 unspecified atom stereocenters. The average molecular weight is 400 g/mol. The van der Waals surface area contributed by atoms with E-state index in [0.717, 1.165) is 27.1 Å². The maximum absolute atomic E-state index is 10.8. The molecular formula is C20H18BrNO3. The van der Waals surface area contributed by atoms with Gasteiger partial charge in [0.1, 0.15) is 11.5 Å². The fourth-order valence-corrected chi connectivity index (χ4v) is 2.77. The van der Waals surface area contributed by atoms with Crippen molar-refractivity contribution in [3.05, 3.63) is 81.5 Å². The fraction of sp³-hybridized carbons (Fsp3) is 0.150. The minimum atomic E-state index is -0.911. The van der Waals surface area contributed by atoms with Gasteiger partial charge in [-0.25, -0.2) is 4.79 Å². The van der Waals surface area contributed by atoms with Crippen molar-refractivity contribution in [1.29, 1.82) is 0 Å².